The smallest absolute Gasteiger partial charge is 0.235 e. The van der Waals surface area contributed by atoms with Crippen LogP contribution in [0.5, 0.6) is 5.75 Å². The van der Waals surface area contributed by atoms with Gasteiger partial charge in [-0.15, -0.1) is 6.58 Å². The number of rotatable bonds is 3. The molecule has 23 heavy (non-hydrogen) atoms. The average molecular weight is 306 g/mol. The van der Waals surface area contributed by atoms with Gasteiger partial charge in [0.25, 0.3) is 0 Å². The van der Waals surface area contributed by atoms with Crippen LogP contribution >= 0.6 is 0 Å². The highest BCUT2D eigenvalue weighted by Gasteiger charge is 2.19. The molecule has 1 heterocycles. The van der Waals surface area contributed by atoms with E-state index in [2.05, 4.69) is 6.58 Å². The van der Waals surface area contributed by atoms with E-state index in [1.54, 1.807) is 18.2 Å². The minimum atomic E-state index is -0.398. The Labute approximate surface area is 134 Å². The monoisotopic (exact) mass is 306 g/mol. The van der Waals surface area contributed by atoms with Gasteiger partial charge in [0.1, 0.15) is 5.58 Å². The highest BCUT2D eigenvalue weighted by Crippen LogP contribution is 2.32. The van der Waals surface area contributed by atoms with Crippen molar-refractivity contribution in [2.75, 3.05) is 0 Å². The van der Waals surface area contributed by atoms with Crippen LogP contribution in [0.2, 0.25) is 0 Å². The molecule has 3 rings (SSSR count). The molecule has 0 spiro atoms. The zero-order valence-corrected chi connectivity index (χ0v) is 13.2. The molecular formula is C20H18O3. The minimum absolute atomic E-state index is 0.205. The van der Waals surface area contributed by atoms with Crippen LogP contribution in [-0.4, -0.2) is 5.11 Å². The Kier molecular flexibility index (Phi) is 3.78. The molecule has 2 aromatic carbocycles. The first-order valence-corrected chi connectivity index (χ1v) is 7.49. The first-order chi connectivity index (χ1) is 11.0. The second-order valence-electron chi connectivity index (χ2n) is 5.64. The van der Waals surface area contributed by atoms with Gasteiger partial charge in [0.15, 0.2) is 5.76 Å². The quantitative estimate of drug-likeness (QED) is 0.724. The molecule has 116 valence electrons. The number of fused-ring (bicyclic) bond motifs is 1. The Morgan fingerprint density at radius 2 is 1.91 bits per heavy atom. The summed E-state index contributed by atoms with van der Waals surface area (Å²) < 4.78 is 5.90. The van der Waals surface area contributed by atoms with E-state index in [1.807, 2.05) is 38.1 Å². The maximum Gasteiger partial charge on any atom is 0.235 e. The van der Waals surface area contributed by atoms with Crippen molar-refractivity contribution >= 4 is 11.0 Å². The van der Waals surface area contributed by atoms with Crippen LogP contribution in [-0.2, 0) is 6.42 Å². The van der Waals surface area contributed by atoms with Gasteiger partial charge in [-0.25, -0.2) is 0 Å². The van der Waals surface area contributed by atoms with E-state index in [0.717, 1.165) is 16.7 Å². The zero-order valence-electron chi connectivity index (χ0n) is 13.2. The van der Waals surface area contributed by atoms with Crippen LogP contribution in [0.3, 0.4) is 0 Å². The van der Waals surface area contributed by atoms with Crippen molar-refractivity contribution in [3.05, 3.63) is 76.0 Å². The Hall–Kier alpha value is -2.81. The lowest BCUT2D eigenvalue weighted by Gasteiger charge is -2.13. The summed E-state index contributed by atoms with van der Waals surface area (Å²) in [5, 5.41) is 10.8. The normalized spacial score (nSPS) is 10.9. The molecule has 0 aliphatic carbocycles. The lowest BCUT2D eigenvalue weighted by molar-refractivity contribution is 0.449. The third-order valence-electron chi connectivity index (χ3n) is 4.19. The summed E-state index contributed by atoms with van der Waals surface area (Å²) in [5.41, 5.74) is 3.70. The van der Waals surface area contributed by atoms with Gasteiger partial charge >= 0.3 is 0 Å². The van der Waals surface area contributed by atoms with Crippen LogP contribution in [0.1, 0.15) is 16.7 Å². The van der Waals surface area contributed by atoms with Crippen LogP contribution in [0.25, 0.3) is 22.3 Å². The molecule has 3 aromatic rings. The Bertz CT molecular complexity index is 950. The standard InChI is InChI=1S/C20H18O3/c1-4-8-15-13(3)12(2)11-16-17(15)18(21)19(22)20(23-16)14-9-6-5-7-10-14/h4-7,9-11,22H,1,8H2,2-3H3. The van der Waals surface area contributed by atoms with Crippen LogP contribution in [0.15, 0.2) is 58.3 Å². The van der Waals surface area contributed by atoms with Crippen molar-refractivity contribution in [1.82, 2.24) is 0 Å². The van der Waals surface area contributed by atoms with Crippen molar-refractivity contribution in [3.63, 3.8) is 0 Å². The second-order valence-corrected chi connectivity index (χ2v) is 5.64. The van der Waals surface area contributed by atoms with Gasteiger partial charge in [-0.3, -0.25) is 4.79 Å². The number of benzene rings is 2. The van der Waals surface area contributed by atoms with Crippen LogP contribution in [0, 0.1) is 13.8 Å². The molecule has 0 amide bonds. The van der Waals surface area contributed by atoms with Crippen molar-refractivity contribution < 1.29 is 9.52 Å². The number of aryl methyl sites for hydroxylation is 1. The fourth-order valence-electron chi connectivity index (χ4n) is 2.85. The molecule has 0 radical (unpaired) electrons. The first-order valence-electron chi connectivity index (χ1n) is 7.49. The Balaban J connectivity index is 2.43. The predicted molar refractivity (Wildman–Crippen MR) is 93.0 cm³/mol. The van der Waals surface area contributed by atoms with Gasteiger partial charge in [-0.1, -0.05) is 36.4 Å². The van der Waals surface area contributed by atoms with Gasteiger partial charge in [0.2, 0.25) is 11.2 Å². The highest BCUT2D eigenvalue weighted by atomic mass is 16.4. The van der Waals surface area contributed by atoms with Crippen molar-refractivity contribution in [3.8, 4) is 17.1 Å². The average Bonchev–Trinajstić information content (AvgIpc) is 2.56. The third-order valence-corrected chi connectivity index (χ3v) is 4.19. The first kappa shape index (κ1) is 15.1. The molecule has 0 aliphatic rings. The number of hydrogen-bond acceptors (Lipinski definition) is 3. The maximum atomic E-state index is 12.7. The van der Waals surface area contributed by atoms with E-state index in [0.29, 0.717) is 23.0 Å². The lowest BCUT2D eigenvalue weighted by Crippen LogP contribution is -2.07. The van der Waals surface area contributed by atoms with E-state index >= 15 is 0 Å². The summed E-state index contributed by atoms with van der Waals surface area (Å²) in [5.74, 6) is -0.145. The van der Waals surface area contributed by atoms with Gasteiger partial charge < -0.3 is 9.52 Å². The fourth-order valence-corrected chi connectivity index (χ4v) is 2.85. The molecule has 0 saturated carbocycles. The summed E-state index contributed by atoms with van der Waals surface area (Å²) in [6.45, 7) is 7.71. The summed E-state index contributed by atoms with van der Waals surface area (Å²) in [4.78, 5) is 12.7. The lowest BCUT2D eigenvalue weighted by atomic mass is 9.95. The van der Waals surface area contributed by atoms with E-state index < -0.39 is 5.43 Å². The van der Waals surface area contributed by atoms with Crippen molar-refractivity contribution in [2.45, 2.75) is 20.3 Å². The molecule has 0 saturated heterocycles. The fraction of sp³-hybridized carbons (Fsp3) is 0.150. The summed E-state index contributed by atoms with van der Waals surface area (Å²) in [7, 11) is 0. The Morgan fingerprint density at radius 1 is 1.22 bits per heavy atom. The SMILES string of the molecule is C=CCc1c(C)c(C)cc2oc(-c3ccccc3)c(O)c(=O)c12. The maximum absolute atomic E-state index is 12.7. The van der Waals surface area contributed by atoms with Gasteiger partial charge in [-0.05, 0) is 43.0 Å². The highest BCUT2D eigenvalue weighted by molar-refractivity contribution is 5.86. The molecule has 0 fully saturated rings. The van der Waals surface area contributed by atoms with Crippen LogP contribution in [0.4, 0.5) is 0 Å². The third kappa shape index (κ3) is 2.44. The molecule has 3 heteroatoms. The number of hydrogen-bond donors (Lipinski definition) is 1. The van der Waals surface area contributed by atoms with E-state index in [4.69, 9.17) is 4.42 Å². The number of allylic oxidation sites excluding steroid dienone is 1. The van der Waals surface area contributed by atoms with Gasteiger partial charge in [0.05, 0.1) is 5.39 Å². The van der Waals surface area contributed by atoms with Crippen molar-refractivity contribution in [2.24, 2.45) is 0 Å². The largest absolute Gasteiger partial charge is 0.502 e. The Morgan fingerprint density at radius 3 is 2.57 bits per heavy atom. The molecule has 0 atom stereocenters. The molecule has 1 aromatic heterocycles. The zero-order chi connectivity index (χ0) is 16.6. The molecule has 0 aliphatic heterocycles. The van der Waals surface area contributed by atoms with Crippen molar-refractivity contribution in [1.29, 1.82) is 0 Å². The molecule has 1 N–H and O–H groups in total. The summed E-state index contributed by atoms with van der Waals surface area (Å²) in [6, 6.07) is 11.0. The van der Waals surface area contributed by atoms with E-state index in [9.17, 15) is 9.90 Å². The van der Waals surface area contributed by atoms with E-state index in [-0.39, 0.29) is 11.5 Å². The summed E-state index contributed by atoms with van der Waals surface area (Å²) in [6.07, 6.45) is 2.31. The predicted octanol–water partition coefficient (Wildman–Crippen LogP) is 4.51. The summed E-state index contributed by atoms with van der Waals surface area (Å²) >= 11 is 0. The minimum Gasteiger partial charge on any atom is -0.502 e. The van der Waals surface area contributed by atoms with Gasteiger partial charge in [-0.2, -0.15) is 0 Å². The number of aromatic hydroxyl groups is 1. The van der Waals surface area contributed by atoms with Crippen LogP contribution < -0.4 is 5.43 Å². The molecule has 0 bridgehead atoms. The van der Waals surface area contributed by atoms with E-state index in [1.165, 1.54) is 0 Å². The van der Waals surface area contributed by atoms with Gasteiger partial charge in [0, 0.05) is 5.56 Å². The second kappa shape index (κ2) is 5.76. The molecular weight excluding hydrogens is 288 g/mol. The molecule has 0 unspecified atom stereocenters. The topological polar surface area (TPSA) is 50.4 Å². The molecule has 3 nitrogen and oxygen atoms in total.